The number of hydrogen-bond acceptors (Lipinski definition) is 3. The lowest BCUT2D eigenvalue weighted by molar-refractivity contribution is 0.0318. The van der Waals surface area contributed by atoms with E-state index in [1.165, 1.54) is 0 Å². The van der Waals surface area contributed by atoms with Crippen molar-refractivity contribution in [2.45, 2.75) is 52.7 Å². The zero-order valence-electron chi connectivity index (χ0n) is 10.2. The third-order valence-electron chi connectivity index (χ3n) is 2.78. The van der Waals surface area contributed by atoms with E-state index in [1.807, 2.05) is 13.5 Å². The van der Waals surface area contributed by atoms with Gasteiger partial charge < -0.3 is 14.6 Å². The van der Waals surface area contributed by atoms with Gasteiger partial charge in [-0.05, 0) is 33.2 Å². The molecular formula is C10H25NO2Si. The molecule has 1 atom stereocenters. The van der Waals surface area contributed by atoms with Crippen LogP contribution in [0, 0.1) is 0 Å². The first-order valence-electron chi connectivity index (χ1n) is 5.49. The van der Waals surface area contributed by atoms with E-state index in [9.17, 15) is 0 Å². The summed E-state index contributed by atoms with van der Waals surface area (Å²) in [5.74, 6) is 0. The predicted octanol–water partition coefficient (Wildman–Crippen LogP) is 2.19. The Hall–Kier alpha value is 0.0969. The van der Waals surface area contributed by atoms with Crippen molar-refractivity contribution in [3.8, 4) is 0 Å². The third-order valence-corrected chi connectivity index (χ3v) is 5.34. The van der Waals surface area contributed by atoms with Gasteiger partial charge in [-0.25, -0.2) is 0 Å². The second-order valence-corrected chi connectivity index (χ2v) is 7.20. The minimum Gasteiger partial charge on any atom is -0.394 e. The molecule has 0 rings (SSSR count). The summed E-state index contributed by atoms with van der Waals surface area (Å²) >= 11 is 0. The molecule has 0 bridgehead atoms. The highest BCUT2D eigenvalue weighted by atomic mass is 28.4. The van der Waals surface area contributed by atoms with Gasteiger partial charge in [-0.1, -0.05) is 13.8 Å². The van der Waals surface area contributed by atoms with E-state index in [0.717, 1.165) is 12.8 Å². The fraction of sp³-hybridized carbons (Fsp3) is 1.00. The van der Waals surface area contributed by atoms with Gasteiger partial charge >= 0.3 is 8.56 Å². The van der Waals surface area contributed by atoms with Gasteiger partial charge in [-0.3, -0.25) is 0 Å². The number of nitrogens with two attached hydrogens (primary N) is 1. The molecule has 0 aliphatic carbocycles. The fourth-order valence-corrected chi connectivity index (χ4v) is 3.55. The second kappa shape index (κ2) is 5.85. The number of hydrogen-bond donors (Lipinski definition) is 1. The molecule has 0 aromatic rings. The maximum atomic E-state index is 6.11. The summed E-state index contributed by atoms with van der Waals surface area (Å²) < 4.78 is 11.8. The molecule has 0 fully saturated rings. The van der Waals surface area contributed by atoms with E-state index in [-0.39, 0.29) is 5.60 Å². The van der Waals surface area contributed by atoms with Crippen molar-refractivity contribution in [3.05, 3.63) is 0 Å². The molecule has 86 valence electrons. The summed E-state index contributed by atoms with van der Waals surface area (Å²) in [5, 5.41) is 0. The average Bonchev–Trinajstić information content (AvgIpc) is 2.18. The van der Waals surface area contributed by atoms with Gasteiger partial charge in [0.25, 0.3) is 0 Å². The van der Waals surface area contributed by atoms with Crippen LogP contribution < -0.4 is 5.73 Å². The van der Waals surface area contributed by atoms with Crippen LogP contribution in [-0.4, -0.2) is 26.9 Å². The molecule has 0 radical (unpaired) electrons. The van der Waals surface area contributed by atoms with E-state index in [2.05, 4.69) is 20.8 Å². The molecule has 0 heterocycles. The van der Waals surface area contributed by atoms with Gasteiger partial charge in [0.1, 0.15) is 0 Å². The van der Waals surface area contributed by atoms with Gasteiger partial charge in [0, 0.05) is 12.8 Å². The highest BCUT2D eigenvalue weighted by Crippen LogP contribution is 2.24. The Kier molecular flexibility index (Phi) is 5.89. The highest BCUT2D eigenvalue weighted by molar-refractivity contribution is 6.66. The Morgan fingerprint density at radius 2 is 1.71 bits per heavy atom. The first-order valence-corrected chi connectivity index (χ1v) is 8.01. The number of rotatable bonds is 7. The van der Waals surface area contributed by atoms with Crippen LogP contribution in [0.3, 0.4) is 0 Å². The Labute approximate surface area is 89.2 Å². The summed E-state index contributed by atoms with van der Waals surface area (Å²) in [6, 6.07) is 0. The van der Waals surface area contributed by atoms with Crippen molar-refractivity contribution in [2.24, 2.45) is 5.73 Å². The first-order chi connectivity index (χ1) is 6.45. The summed E-state index contributed by atoms with van der Waals surface area (Å²) in [4.78, 5) is 0. The van der Waals surface area contributed by atoms with Crippen LogP contribution in [0.5, 0.6) is 0 Å². The maximum Gasteiger partial charge on any atom is 0.349 e. The largest absolute Gasteiger partial charge is 0.394 e. The van der Waals surface area contributed by atoms with Crippen LogP contribution in [0.15, 0.2) is 0 Å². The van der Waals surface area contributed by atoms with E-state index < -0.39 is 8.56 Å². The van der Waals surface area contributed by atoms with Crippen LogP contribution in [0.1, 0.15) is 40.5 Å². The average molecular weight is 219 g/mol. The molecule has 0 aliphatic rings. The van der Waals surface area contributed by atoms with E-state index in [1.54, 1.807) is 0 Å². The van der Waals surface area contributed by atoms with Gasteiger partial charge in [0.05, 0.1) is 5.60 Å². The highest BCUT2D eigenvalue weighted by Gasteiger charge is 2.36. The Bertz CT molecular complexity index is 162. The second-order valence-electron chi connectivity index (χ2n) is 4.03. The van der Waals surface area contributed by atoms with Crippen molar-refractivity contribution in [1.82, 2.24) is 0 Å². The Balaban J connectivity index is 4.41. The maximum absolute atomic E-state index is 6.11. The van der Waals surface area contributed by atoms with Crippen LogP contribution in [-0.2, 0) is 8.85 Å². The molecular weight excluding hydrogens is 194 g/mol. The van der Waals surface area contributed by atoms with Crippen molar-refractivity contribution in [3.63, 3.8) is 0 Å². The molecule has 0 aromatic heterocycles. The lowest BCUT2D eigenvalue weighted by atomic mass is 10.0. The quantitative estimate of drug-likeness (QED) is 0.668. The van der Waals surface area contributed by atoms with E-state index in [0.29, 0.717) is 12.8 Å². The van der Waals surface area contributed by atoms with Gasteiger partial charge in [0.15, 0.2) is 0 Å². The molecule has 0 saturated heterocycles. The third kappa shape index (κ3) is 4.08. The monoisotopic (exact) mass is 219 g/mol. The van der Waals surface area contributed by atoms with Gasteiger partial charge in [-0.2, -0.15) is 0 Å². The smallest absolute Gasteiger partial charge is 0.349 e. The predicted molar refractivity (Wildman–Crippen MR) is 62.4 cm³/mol. The molecule has 0 spiro atoms. The van der Waals surface area contributed by atoms with E-state index in [4.69, 9.17) is 14.6 Å². The van der Waals surface area contributed by atoms with Gasteiger partial charge in [0.2, 0.25) is 0 Å². The first kappa shape index (κ1) is 14.1. The van der Waals surface area contributed by atoms with Crippen molar-refractivity contribution in [1.29, 1.82) is 0 Å². The zero-order valence-corrected chi connectivity index (χ0v) is 11.2. The van der Waals surface area contributed by atoms with Crippen LogP contribution >= 0.6 is 0 Å². The van der Waals surface area contributed by atoms with Crippen LogP contribution in [0.2, 0.25) is 6.55 Å². The molecule has 0 aromatic carbocycles. The summed E-state index contributed by atoms with van der Waals surface area (Å²) in [6.45, 7) is 11.1. The Morgan fingerprint density at radius 1 is 1.21 bits per heavy atom. The zero-order chi connectivity index (χ0) is 11.2. The summed E-state index contributed by atoms with van der Waals surface area (Å²) in [5.41, 5.74) is 5.65. The topological polar surface area (TPSA) is 44.5 Å². The summed E-state index contributed by atoms with van der Waals surface area (Å²) in [6.07, 6.45) is 2.52. The Morgan fingerprint density at radius 3 is 2.00 bits per heavy atom. The van der Waals surface area contributed by atoms with Crippen molar-refractivity contribution >= 4 is 8.56 Å². The summed E-state index contributed by atoms with van der Waals surface area (Å²) in [7, 11) is -2.12. The molecule has 0 aliphatic heterocycles. The van der Waals surface area contributed by atoms with Crippen LogP contribution in [0.25, 0.3) is 0 Å². The lowest BCUT2D eigenvalue weighted by Gasteiger charge is -2.37. The normalized spacial score (nSPS) is 16.7. The molecule has 1 unspecified atom stereocenters. The molecule has 0 amide bonds. The molecule has 14 heavy (non-hydrogen) atoms. The van der Waals surface area contributed by atoms with Crippen molar-refractivity contribution in [2.75, 3.05) is 12.8 Å². The van der Waals surface area contributed by atoms with Crippen LogP contribution in [0.4, 0.5) is 0 Å². The fourth-order valence-electron chi connectivity index (χ4n) is 1.35. The molecule has 4 heteroatoms. The minimum absolute atomic E-state index is 0.0739. The van der Waals surface area contributed by atoms with Gasteiger partial charge in [-0.15, -0.1) is 0 Å². The minimum atomic E-state index is -2.12. The SMILES string of the molecule is CCO[Si](C)(CN)OC(C)(CC)CC. The molecule has 3 nitrogen and oxygen atoms in total. The lowest BCUT2D eigenvalue weighted by Crippen LogP contribution is -2.52. The molecule has 0 saturated carbocycles. The standard InChI is InChI=1S/C10H25NO2Si/c1-6-10(4,7-2)13-14(5,9-11)12-8-3/h6-9,11H2,1-5H3. The van der Waals surface area contributed by atoms with E-state index >= 15 is 0 Å². The van der Waals surface area contributed by atoms with Crippen molar-refractivity contribution < 1.29 is 8.85 Å². The molecule has 2 N–H and O–H groups in total.